The van der Waals surface area contributed by atoms with Gasteiger partial charge in [-0.1, -0.05) is 17.3 Å². The van der Waals surface area contributed by atoms with Gasteiger partial charge in [-0.2, -0.15) is 4.98 Å². The first-order chi connectivity index (χ1) is 11.3. The third-order valence-corrected chi connectivity index (χ3v) is 3.25. The maximum atomic E-state index is 5.40. The molecule has 23 heavy (non-hydrogen) atoms. The SMILES string of the molecule is COc1ccc(/C=N/Oc2ncnc3ccccc23)cc1OC. The summed E-state index contributed by atoms with van der Waals surface area (Å²) in [7, 11) is 3.18. The van der Waals surface area contributed by atoms with Crippen LogP contribution in [-0.2, 0) is 0 Å². The Morgan fingerprint density at radius 2 is 1.78 bits per heavy atom. The molecule has 1 aromatic heterocycles. The van der Waals surface area contributed by atoms with Crippen LogP contribution in [0.15, 0.2) is 53.9 Å². The van der Waals surface area contributed by atoms with Crippen molar-refractivity contribution in [3.63, 3.8) is 0 Å². The van der Waals surface area contributed by atoms with Crippen molar-refractivity contribution in [2.45, 2.75) is 0 Å². The lowest BCUT2D eigenvalue weighted by molar-refractivity contribution is 0.334. The van der Waals surface area contributed by atoms with Gasteiger partial charge in [-0.25, -0.2) is 4.98 Å². The summed E-state index contributed by atoms with van der Waals surface area (Å²) in [5.74, 6) is 1.70. The van der Waals surface area contributed by atoms with Crippen LogP contribution in [0.3, 0.4) is 0 Å². The predicted octanol–water partition coefficient (Wildman–Crippen LogP) is 3.06. The van der Waals surface area contributed by atoms with Crippen molar-refractivity contribution < 1.29 is 14.3 Å². The van der Waals surface area contributed by atoms with E-state index in [0.717, 1.165) is 16.5 Å². The smallest absolute Gasteiger partial charge is 0.259 e. The maximum Gasteiger partial charge on any atom is 0.259 e. The van der Waals surface area contributed by atoms with E-state index < -0.39 is 0 Å². The number of para-hydroxylation sites is 1. The van der Waals surface area contributed by atoms with Gasteiger partial charge in [-0.15, -0.1) is 0 Å². The summed E-state index contributed by atoms with van der Waals surface area (Å²) < 4.78 is 10.4. The van der Waals surface area contributed by atoms with Gasteiger partial charge in [0.25, 0.3) is 5.88 Å². The average molecular weight is 309 g/mol. The van der Waals surface area contributed by atoms with E-state index in [-0.39, 0.29) is 0 Å². The molecule has 2 aromatic carbocycles. The van der Waals surface area contributed by atoms with Crippen LogP contribution in [0, 0.1) is 0 Å². The zero-order chi connectivity index (χ0) is 16.1. The number of rotatable bonds is 5. The third kappa shape index (κ3) is 3.21. The van der Waals surface area contributed by atoms with Crippen molar-refractivity contribution in [2.24, 2.45) is 5.16 Å². The van der Waals surface area contributed by atoms with Gasteiger partial charge in [0.05, 0.1) is 31.3 Å². The Bertz CT molecular complexity index is 844. The van der Waals surface area contributed by atoms with Crippen LogP contribution in [0.1, 0.15) is 5.56 Å². The first-order valence-corrected chi connectivity index (χ1v) is 6.94. The number of methoxy groups -OCH3 is 2. The zero-order valence-corrected chi connectivity index (χ0v) is 12.8. The van der Waals surface area contributed by atoms with Crippen molar-refractivity contribution >= 4 is 17.1 Å². The maximum absolute atomic E-state index is 5.40. The van der Waals surface area contributed by atoms with Gasteiger partial charge >= 0.3 is 0 Å². The Morgan fingerprint density at radius 3 is 2.61 bits per heavy atom. The molecule has 0 aliphatic rings. The van der Waals surface area contributed by atoms with Crippen LogP contribution in [0.4, 0.5) is 0 Å². The topological polar surface area (TPSA) is 65.8 Å². The fourth-order valence-electron chi connectivity index (χ4n) is 2.12. The molecule has 3 aromatic rings. The fraction of sp³-hybridized carbons (Fsp3) is 0.118. The first-order valence-electron chi connectivity index (χ1n) is 6.94. The van der Waals surface area contributed by atoms with Crippen molar-refractivity contribution in [2.75, 3.05) is 14.2 Å². The second-order valence-electron chi connectivity index (χ2n) is 4.64. The molecule has 0 unspecified atom stereocenters. The highest BCUT2D eigenvalue weighted by Crippen LogP contribution is 2.27. The van der Waals surface area contributed by atoms with E-state index in [9.17, 15) is 0 Å². The first kappa shape index (κ1) is 14.8. The molecule has 3 rings (SSSR count). The molecule has 0 bridgehead atoms. The molecular weight excluding hydrogens is 294 g/mol. The van der Waals surface area contributed by atoms with Gasteiger partial charge in [0.15, 0.2) is 11.5 Å². The minimum atomic E-state index is 0.410. The van der Waals surface area contributed by atoms with Gasteiger partial charge in [-0.3, -0.25) is 0 Å². The summed E-state index contributed by atoms with van der Waals surface area (Å²) in [5.41, 5.74) is 1.62. The van der Waals surface area contributed by atoms with Crippen LogP contribution in [-0.4, -0.2) is 30.4 Å². The Hall–Kier alpha value is -3.15. The van der Waals surface area contributed by atoms with E-state index in [0.29, 0.717) is 17.4 Å². The van der Waals surface area contributed by atoms with Gasteiger partial charge in [0.1, 0.15) is 6.33 Å². The molecule has 0 N–H and O–H groups in total. The summed E-state index contributed by atoms with van der Waals surface area (Å²) in [6.07, 6.45) is 3.03. The standard InChI is InChI=1S/C17H15N3O3/c1-21-15-8-7-12(9-16(15)22-2)10-20-23-17-13-5-3-4-6-14(13)18-11-19-17/h3-11H,1-2H3/b20-10+. The van der Waals surface area contributed by atoms with Gasteiger partial charge < -0.3 is 14.3 Å². The molecule has 0 radical (unpaired) electrons. The quantitative estimate of drug-likeness (QED) is 0.535. The fourth-order valence-corrected chi connectivity index (χ4v) is 2.12. The predicted molar refractivity (Wildman–Crippen MR) is 87.3 cm³/mol. The highest BCUT2D eigenvalue weighted by atomic mass is 16.6. The van der Waals surface area contributed by atoms with Crippen LogP contribution >= 0.6 is 0 Å². The number of hydrogen-bond acceptors (Lipinski definition) is 6. The van der Waals surface area contributed by atoms with E-state index in [1.165, 1.54) is 6.33 Å². The molecule has 0 saturated heterocycles. The van der Waals surface area contributed by atoms with Gasteiger partial charge in [-0.05, 0) is 30.3 Å². The summed E-state index contributed by atoms with van der Waals surface area (Å²) in [4.78, 5) is 13.7. The summed E-state index contributed by atoms with van der Waals surface area (Å²) in [5, 5.41) is 4.79. The van der Waals surface area contributed by atoms with E-state index in [2.05, 4.69) is 15.1 Å². The average Bonchev–Trinajstić information content (AvgIpc) is 2.61. The summed E-state index contributed by atoms with van der Waals surface area (Å²) >= 11 is 0. The zero-order valence-electron chi connectivity index (χ0n) is 12.8. The molecule has 1 heterocycles. The Balaban J connectivity index is 1.81. The molecule has 0 amide bonds. The molecular formula is C17H15N3O3. The third-order valence-electron chi connectivity index (χ3n) is 3.25. The molecule has 6 nitrogen and oxygen atoms in total. The molecule has 6 heteroatoms. The molecule has 0 fully saturated rings. The number of hydrogen-bond donors (Lipinski definition) is 0. The monoisotopic (exact) mass is 309 g/mol. The second kappa shape index (κ2) is 6.74. The largest absolute Gasteiger partial charge is 0.493 e. The number of ether oxygens (including phenoxy) is 2. The lowest BCUT2D eigenvalue weighted by Gasteiger charge is -2.07. The van der Waals surface area contributed by atoms with Gasteiger partial charge in [0.2, 0.25) is 0 Å². The number of aromatic nitrogens is 2. The molecule has 116 valence electrons. The molecule has 0 saturated carbocycles. The van der Waals surface area contributed by atoms with Crippen molar-refractivity contribution in [1.82, 2.24) is 9.97 Å². The number of benzene rings is 2. The molecule has 0 aliphatic heterocycles. The molecule has 0 spiro atoms. The number of fused-ring (bicyclic) bond motifs is 1. The summed E-state index contributed by atoms with van der Waals surface area (Å²) in [6, 6.07) is 13.1. The molecule has 0 atom stereocenters. The number of nitrogens with zero attached hydrogens (tertiary/aromatic N) is 3. The Labute approximate surface area is 133 Å². The van der Waals surface area contributed by atoms with E-state index in [1.807, 2.05) is 36.4 Å². The highest BCUT2D eigenvalue weighted by molar-refractivity contribution is 5.83. The Morgan fingerprint density at radius 1 is 0.957 bits per heavy atom. The van der Waals surface area contributed by atoms with Crippen molar-refractivity contribution in [3.8, 4) is 17.4 Å². The van der Waals surface area contributed by atoms with Crippen molar-refractivity contribution in [1.29, 1.82) is 0 Å². The summed E-state index contributed by atoms with van der Waals surface area (Å²) in [6.45, 7) is 0. The van der Waals surface area contributed by atoms with Crippen LogP contribution < -0.4 is 14.3 Å². The van der Waals surface area contributed by atoms with E-state index >= 15 is 0 Å². The van der Waals surface area contributed by atoms with Crippen LogP contribution in [0.2, 0.25) is 0 Å². The minimum absolute atomic E-state index is 0.410. The van der Waals surface area contributed by atoms with Crippen LogP contribution in [0.25, 0.3) is 10.9 Å². The normalized spacial score (nSPS) is 10.9. The lowest BCUT2D eigenvalue weighted by Crippen LogP contribution is -1.94. The van der Waals surface area contributed by atoms with Crippen LogP contribution in [0.5, 0.6) is 17.4 Å². The lowest BCUT2D eigenvalue weighted by atomic mass is 10.2. The van der Waals surface area contributed by atoms with Crippen molar-refractivity contribution in [3.05, 3.63) is 54.4 Å². The number of oxime groups is 1. The van der Waals surface area contributed by atoms with Gasteiger partial charge in [0, 0.05) is 5.56 Å². The van der Waals surface area contributed by atoms with E-state index in [1.54, 1.807) is 26.5 Å². The molecule has 0 aliphatic carbocycles. The Kier molecular flexibility index (Phi) is 4.33. The highest BCUT2D eigenvalue weighted by Gasteiger charge is 2.05. The van der Waals surface area contributed by atoms with E-state index in [4.69, 9.17) is 14.3 Å². The second-order valence-corrected chi connectivity index (χ2v) is 4.64. The minimum Gasteiger partial charge on any atom is -0.493 e.